The predicted octanol–water partition coefficient (Wildman–Crippen LogP) is 5.56. The zero-order valence-corrected chi connectivity index (χ0v) is 26.8. The monoisotopic (exact) mass is 610 g/mol. The number of thiophene rings is 1. The first-order chi connectivity index (χ1) is 20.1. The van der Waals surface area contributed by atoms with Gasteiger partial charge in [-0.1, -0.05) is 12.1 Å². The molecule has 1 fully saturated rings. The molecular formula is C31H42N6O5S. The molecule has 2 aromatic heterocycles. The normalized spacial score (nSPS) is 14.0. The fourth-order valence-electron chi connectivity index (χ4n) is 4.58. The number of piperazine rings is 1. The van der Waals surface area contributed by atoms with Crippen LogP contribution < -0.4 is 21.3 Å². The lowest BCUT2D eigenvalue weighted by molar-refractivity contribution is 0.0240. The number of fused-ring (bicyclic) bond motifs is 1. The molecule has 0 atom stereocenters. The van der Waals surface area contributed by atoms with E-state index in [1.807, 2.05) is 20.8 Å². The van der Waals surface area contributed by atoms with E-state index in [0.717, 1.165) is 24.3 Å². The van der Waals surface area contributed by atoms with Crippen molar-refractivity contribution in [3.63, 3.8) is 0 Å². The van der Waals surface area contributed by atoms with Gasteiger partial charge in [0.2, 0.25) is 0 Å². The van der Waals surface area contributed by atoms with Crippen molar-refractivity contribution in [1.82, 2.24) is 15.2 Å². The first kappa shape index (κ1) is 31.9. The summed E-state index contributed by atoms with van der Waals surface area (Å²) < 4.78 is 10.8. The first-order valence-electron chi connectivity index (χ1n) is 14.4. The highest BCUT2D eigenvalue weighted by molar-refractivity contribution is 7.21. The van der Waals surface area contributed by atoms with Crippen LogP contribution in [0.15, 0.2) is 30.3 Å². The Bertz CT molecular complexity index is 1480. The molecule has 4 N–H and O–H groups in total. The maximum atomic E-state index is 13.0. The molecular weight excluding hydrogens is 568 g/mol. The third-order valence-electron chi connectivity index (χ3n) is 6.69. The van der Waals surface area contributed by atoms with Crippen LogP contribution in [0.4, 0.5) is 26.7 Å². The Kier molecular flexibility index (Phi) is 9.38. The molecule has 4 rings (SSSR count). The summed E-state index contributed by atoms with van der Waals surface area (Å²) in [4.78, 5) is 47.1. The number of nitrogens with zero attached hydrogens (tertiary/aromatic N) is 3. The second kappa shape index (κ2) is 12.7. The van der Waals surface area contributed by atoms with Crippen LogP contribution in [0.1, 0.15) is 62.5 Å². The molecule has 0 unspecified atom stereocenters. The Balaban J connectivity index is 1.30. The highest BCUT2D eigenvalue weighted by Gasteiger charge is 2.26. The number of nitrogens with one attached hydrogen (secondary N) is 2. The minimum absolute atomic E-state index is 0.265. The number of aromatic nitrogens is 1. The van der Waals surface area contributed by atoms with Crippen molar-refractivity contribution >= 4 is 56.7 Å². The van der Waals surface area contributed by atoms with Gasteiger partial charge in [-0.2, -0.15) is 0 Å². The van der Waals surface area contributed by atoms with Gasteiger partial charge in [0.25, 0.3) is 5.91 Å². The van der Waals surface area contributed by atoms with Gasteiger partial charge in [0, 0.05) is 43.8 Å². The van der Waals surface area contributed by atoms with Crippen LogP contribution in [-0.4, -0.2) is 71.9 Å². The average molecular weight is 611 g/mol. The molecule has 0 saturated carbocycles. The van der Waals surface area contributed by atoms with E-state index in [0.29, 0.717) is 58.2 Å². The number of nitrogens with two attached hydrogens (primary N) is 1. The summed E-state index contributed by atoms with van der Waals surface area (Å²) in [6, 6.07) is 9.98. The molecule has 1 aliphatic heterocycles. The SMILES string of the molecule is Cc1nc2sc(C(=O)NCCc3ccc(N4CCN(C(=O)OC(C)(C)C)CC4)cc3)c(N)c2cc1NC(=O)OC(C)(C)C. The van der Waals surface area contributed by atoms with Gasteiger partial charge in [-0.3, -0.25) is 10.1 Å². The number of nitrogen functional groups attached to an aromatic ring is 1. The molecule has 12 heteroatoms. The summed E-state index contributed by atoms with van der Waals surface area (Å²) in [6.45, 7) is 15.9. The molecule has 3 heterocycles. The Hall–Kier alpha value is -4.06. The number of pyridine rings is 1. The molecule has 1 aliphatic rings. The third-order valence-corrected chi connectivity index (χ3v) is 7.80. The predicted molar refractivity (Wildman–Crippen MR) is 171 cm³/mol. The standard InChI is InChI=1S/C31H42N6O5S/c1-19-23(35-28(39)41-30(2,3)4)18-22-24(32)25(43-27(22)34-19)26(38)33-13-12-20-8-10-21(11-9-20)36-14-16-37(17-15-36)29(40)42-31(5,6)7/h8-11,18H,12-17,32H2,1-7H3,(H,33,38)(H,35,39). The van der Waals surface area contributed by atoms with Crippen molar-refractivity contribution < 1.29 is 23.9 Å². The summed E-state index contributed by atoms with van der Waals surface area (Å²) in [6.07, 6.45) is -0.199. The molecule has 0 radical (unpaired) electrons. The summed E-state index contributed by atoms with van der Waals surface area (Å²) in [5.74, 6) is -0.265. The number of ether oxygens (including phenoxy) is 2. The van der Waals surface area contributed by atoms with Gasteiger partial charge < -0.3 is 30.3 Å². The lowest BCUT2D eigenvalue weighted by atomic mass is 10.1. The van der Waals surface area contributed by atoms with Crippen LogP contribution in [0, 0.1) is 6.92 Å². The zero-order chi connectivity index (χ0) is 31.5. The number of anilines is 3. The van der Waals surface area contributed by atoms with Gasteiger partial charge >= 0.3 is 12.2 Å². The van der Waals surface area contributed by atoms with Crippen LogP contribution in [0.5, 0.6) is 0 Å². The number of hydrogen-bond donors (Lipinski definition) is 3. The molecule has 11 nitrogen and oxygen atoms in total. The maximum absolute atomic E-state index is 13.0. The summed E-state index contributed by atoms with van der Waals surface area (Å²) in [7, 11) is 0. The zero-order valence-electron chi connectivity index (χ0n) is 26.0. The molecule has 3 amide bonds. The minimum atomic E-state index is -0.634. The quantitative estimate of drug-likeness (QED) is 0.330. The molecule has 0 spiro atoms. The Morgan fingerprint density at radius 2 is 1.60 bits per heavy atom. The van der Waals surface area contributed by atoms with Gasteiger partial charge in [-0.15, -0.1) is 11.3 Å². The Labute approximate surface area is 256 Å². The van der Waals surface area contributed by atoms with Crippen molar-refractivity contribution in [3.8, 4) is 0 Å². The number of carbonyl (C=O) groups is 3. The fourth-order valence-corrected chi connectivity index (χ4v) is 5.62. The first-order valence-corrected chi connectivity index (χ1v) is 15.2. The number of rotatable bonds is 6. The number of hydrogen-bond acceptors (Lipinski definition) is 9. The maximum Gasteiger partial charge on any atom is 0.412 e. The third kappa shape index (κ3) is 8.50. The van der Waals surface area contributed by atoms with E-state index in [2.05, 4.69) is 44.8 Å². The highest BCUT2D eigenvalue weighted by Crippen LogP contribution is 2.35. The van der Waals surface area contributed by atoms with Crippen molar-refractivity contribution in [2.75, 3.05) is 48.7 Å². The molecule has 3 aromatic rings. The largest absolute Gasteiger partial charge is 0.444 e. The fraction of sp³-hybridized carbons (Fsp3) is 0.484. The van der Waals surface area contributed by atoms with E-state index in [1.165, 1.54) is 11.3 Å². The van der Waals surface area contributed by atoms with E-state index in [1.54, 1.807) is 38.7 Å². The highest BCUT2D eigenvalue weighted by atomic mass is 32.1. The topological polar surface area (TPSA) is 139 Å². The van der Waals surface area contributed by atoms with E-state index in [4.69, 9.17) is 15.2 Å². The Morgan fingerprint density at radius 1 is 0.977 bits per heavy atom. The van der Waals surface area contributed by atoms with E-state index in [-0.39, 0.29) is 12.0 Å². The van der Waals surface area contributed by atoms with Crippen LogP contribution in [0.25, 0.3) is 10.2 Å². The van der Waals surface area contributed by atoms with Crippen LogP contribution in [0.2, 0.25) is 0 Å². The van der Waals surface area contributed by atoms with Crippen molar-refractivity contribution in [2.45, 2.75) is 66.1 Å². The van der Waals surface area contributed by atoms with Crippen LogP contribution in [0.3, 0.4) is 0 Å². The molecule has 232 valence electrons. The Morgan fingerprint density at radius 3 is 2.21 bits per heavy atom. The summed E-state index contributed by atoms with van der Waals surface area (Å²) in [5, 5.41) is 6.28. The van der Waals surface area contributed by atoms with Crippen molar-refractivity contribution in [1.29, 1.82) is 0 Å². The van der Waals surface area contributed by atoms with E-state index in [9.17, 15) is 14.4 Å². The lowest BCUT2D eigenvalue weighted by Crippen LogP contribution is -2.50. The molecule has 1 saturated heterocycles. The van der Waals surface area contributed by atoms with Gasteiger partial charge in [0.15, 0.2) is 0 Å². The molecule has 1 aromatic carbocycles. The summed E-state index contributed by atoms with van der Waals surface area (Å²) >= 11 is 1.22. The number of carbonyl (C=O) groups excluding carboxylic acids is 3. The molecule has 0 bridgehead atoms. The van der Waals surface area contributed by atoms with Gasteiger partial charge in [0.1, 0.15) is 20.9 Å². The van der Waals surface area contributed by atoms with E-state index >= 15 is 0 Å². The van der Waals surface area contributed by atoms with Gasteiger partial charge in [-0.25, -0.2) is 14.6 Å². The second-order valence-corrected chi connectivity index (χ2v) is 13.6. The van der Waals surface area contributed by atoms with Crippen molar-refractivity contribution in [2.24, 2.45) is 0 Å². The number of aryl methyl sites for hydroxylation is 1. The van der Waals surface area contributed by atoms with Crippen LogP contribution in [-0.2, 0) is 15.9 Å². The second-order valence-electron chi connectivity index (χ2n) is 12.6. The van der Waals surface area contributed by atoms with Crippen molar-refractivity contribution in [3.05, 3.63) is 46.5 Å². The smallest absolute Gasteiger partial charge is 0.412 e. The number of benzene rings is 1. The van der Waals surface area contributed by atoms with Crippen LogP contribution >= 0.6 is 11.3 Å². The van der Waals surface area contributed by atoms with Gasteiger partial charge in [-0.05, 0) is 78.6 Å². The molecule has 43 heavy (non-hydrogen) atoms. The average Bonchev–Trinajstić information content (AvgIpc) is 3.22. The lowest BCUT2D eigenvalue weighted by Gasteiger charge is -2.36. The number of amides is 3. The molecule has 0 aliphatic carbocycles. The minimum Gasteiger partial charge on any atom is -0.444 e. The van der Waals surface area contributed by atoms with Gasteiger partial charge in [0.05, 0.1) is 17.1 Å². The summed E-state index contributed by atoms with van der Waals surface area (Å²) in [5.41, 5.74) is 8.80. The van der Waals surface area contributed by atoms with E-state index < -0.39 is 17.3 Å².